The number of hydrogen-bond donors (Lipinski definition) is 1. The second-order valence-corrected chi connectivity index (χ2v) is 10.1. The minimum absolute atomic E-state index is 0.0895. The van der Waals surface area contributed by atoms with Gasteiger partial charge in [0.05, 0.1) is 18.0 Å². The lowest BCUT2D eigenvalue weighted by Gasteiger charge is -2.29. The predicted molar refractivity (Wildman–Crippen MR) is 124 cm³/mol. The van der Waals surface area contributed by atoms with Gasteiger partial charge in [-0.1, -0.05) is 12.1 Å². The average molecular weight is 460 g/mol. The van der Waals surface area contributed by atoms with Gasteiger partial charge in [0.2, 0.25) is 22.7 Å². The lowest BCUT2D eigenvalue weighted by Crippen LogP contribution is -2.41. The van der Waals surface area contributed by atoms with Crippen LogP contribution in [0.5, 0.6) is 11.5 Å². The van der Waals surface area contributed by atoms with Crippen LogP contribution in [0.2, 0.25) is 0 Å². The second-order valence-electron chi connectivity index (χ2n) is 8.24. The molecule has 0 spiro atoms. The number of amides is 1. The lowest BCUT2D eigenvalue weighted by atomic mass is 10.1. The summed E-state index contributed by atoms with van der Waals surface area (Å²) in [6.45, 7) is 3.81. The Morgan fingerprint density at radius 1 is 1.06 bits per heavy atom. The molecule has 1 N–H and O–H groups in total. The number of fused-ring (bicyclic) bond motifs is 1. The molecule has 172 valence electrons. The number of piperidine rings is 1. The highest BCUT2D eigenvalue weighted by atomic mass is 32.2. The number of nitrogens with one attached hydrogen (secondary N) is 1. The fourth-order valence-corrected chi connectivity index (χ4v) is 4.92. The summed E-state index contributed by atoms with van der Waals surface area (Å²) < 4.78 is 36.4. The minimum atomic E-state index is -3.68. The second kappa shape index (κ2) is 9.28. The van der Waals surface area contributed by atoms with E-state index >= 15 is 0 Å². The average Bonchev–Trinajstić information content (AvgIpc) is 3.25. The van der Waals surface area contributed by atoms with E-state index in [1.165, 1.54) is 24.9 Å². The molecule has 0 bridgehead atoms. The molecule has 9 heteroatoms. The molecule has 32 heavy (non-hydrogen) atoms. The number of hydrogen-bond acceptors (Lipinski definition) is 6. The summed E-state index contributed by atoms with van der Waals surface area (Å²) in [7, 11) is -3.68. The standard InChI is InChI=1S/C23H29N3O5S/c1-17(18-6-8-19(9-7-18)25-12-4-3-5-13-25)24-23(27)15-26(32(2,28)29)20-10-11-21-22(14-20)31-16-30-21/h6-11,14,17H,3-5,12-13,15-16H2,1-2H3,(H,24,27). The number of carbonyl (C=O) groups is 1. The molecule has 2 aromatic carbocycles. The summed E-state index contributed by atoms with van der Waals surface area (Å²) in [6, 6.07) is 12.8. The van der Waals surface area contributed by atoms with Crippen LogP contribution in [0.1, 0.15) is 37.8 Å². The third-order valence-electron chi connectivity index (χ3n) is 5.82. The summed E-state index contributed by atoms with van der Waals surface area (Å²) in [5, 5.41) is 2.91. The molecule has 1 saturated heterocycles. The molecule has 0 aliphatic carbocycles. The van der Waals surface area contributed by atoms with Crippen LogP contribution in [-0.2, 0) is 14.8 Å². The maximum absolute atomic E-state index is 12.7. The normalized spacial score (nSPS) is 16.5. The minimum Gasteiger partial charge on any atom is -0.454 e. The zero-order chi connectivity index (χ0) is 22.7. The summed E-state index contributed by atoms with van der Waals surface area (Å²) in [6.07, 6.45) is 4.80. The van der Waals surface area contributed by atoms with E-state index in [1.54, 1.807) is 18.2 Å². The van der Waals surface area contributed by atoms with E-state index in [-0.39, 0.29) is 25.3 Å². The molecule has 8 nitrogen and oxygen atoms in total. The van der Waals surface area contributed by atoms with Crippen molar-refractivity contribution in [2.45, 2.75) is 32.2 Å². The Morgan fingerprint density at radius 3 is 2.44 bits per heavy atom. The van der Waals surface area contributed by atoms with Crippen LogP contribution in [0.15, 0.2) is 42.5 Å². The van der Waals surface area contributed by atoms with Crippen LogP contribution >= 0.6 is 0 Å². The highest BCUT2D eigenvalue weighted by Crippen LogP contribution is 2.36. The first kappa shape index (κ1) is 22.3. The zero-order valence-electron chi connectivity index (χ0n) is 18.4. The van der Waals surface area contributed by atoms with Gasteiger partial charge in [0, 0.05) is 24.8 Å². The molecule has 1 unspecified atom stereocenters. The molecule has 1 fully saturated rings. The van der Waals surface area contributed by atoms with Crippen LogP contribution in [-0.4, -0.2) is 47.0 Å². The summed E-state index contributed by atoms with van der Waals surface area (Å²) in [5.74, 6) is 0.618. The van der Waals surface area contributed by atoms with Gasteiger partial charge in [-0.2, -0.15) is 0 Å². The number of rotatable bonds is 7. The molecule has 2 heterocycles. The van der Waals surface area contributed by atoms with E-state index < -0.39 is 10.0 Å². The number of anilines is 2. The SMILES string of the molecule is CC(NC(=O)CN(c1ccc2c(c1)OCO2)S(C)(=O)=O)c1ccc(N2CCCCC2)cc1. The van der Waals surface area contributed by atoms with Crippen molar-refractivity contribution in [1.82, 2.24) is 5.32 Å². The quantitative estimate of drug-likeness (QED) is 0.685. The van der Waals surface area contributed by atoms with Crippen molar-refractivity contribution in [3.05, 3.63) is 48.0 Å². The van der Waals surface area contributed by atoms with Gasteiger partial charge >= 0.3 is 0 Å². The van der Waals surface area contributed by atoms with Crippen molar-refractivity contribution in [3.8, 4) is 11.5 Å². The highest BCUT2D eigenvalue weighted by Gasteiger charge is 2.24. The first-order chi connectivity index (χ1) is 15.3. The van der Waals surface area contributed by atoms with Gasteiger partial charge in [0.25, 0.3) is 0 Å². The molecule has 2 aliphatic heterocycles. The highest BCUT2D eigenvalue weighted by molar-refractivity contribution is 7.92. The van der Waals surface area contributed by atoms with E-state index in [9.17, 15) is 13.2 Å². The third-order valence-corrected chi connectivity index (χ3v) is 6.96. The van der Waals surface area contributed by atoms with Crippen molar-refractivity contribution in [3.63, 3.8) is 0 Å². The van der Waals surface area contributed by atoms with Crippen molar-refractivity contribution >= 4 is 27.3 Å². The Bertz CT molecular complexity index is 1070. The van der Waals surface area contributed by atoms with E-state index in [1.807, 2.05) is 19.1 Å². The van der Waals surface area contributed by atoms with Crippen LogP contribution < -0.4 is 24.0 Å². The molecule has 0 aromatic heterocycles. The van der Waals surface area contributed by atoms with Crippen LogP contribution in [0.3, 0.4) is 0 Å². The molecule has 1 atom stereocenters. The van der Waals surface area contributed by atoms with Gasteiger partial charge in [-0.25, -0.2) is 8.42 Å². The predicted octanol–water partition coefficient (Wildman–Crippen LogP) is 3.05. The fourth-order valence-electron chi connectivity index (χ4n) is 4.07. The summed E-state index contributed by atoms with van der Waals surface area (Å²) >= 11 is 0. The molecular formula is C23H29N3O5S. The fraction of sp³-hybridized carbons (Fsp3) is 0.435. The number of benzene rings is 2. The Morgan fingerprint density at radius 2 is 1.75 bits per heavy atom. The zero-order valence-corrected chi connectivity index (χ0v) is 19.2. The summed E-state index contributed by atoms with van der Waals surface area (Å²) in [5.41, 5.74) is 2.51. The van der Waals surface area contributed by atoms with E-state index in [0.717, 1.165) is 29.2 Å². The van der Waals surface area contributed by atoms with Gasteiger partial charge in [-0.05, 0) is 56.0 Å². The Hall–Kier alpha value is -2.94. The number of sulfonamides is 1. The molecule has 0 saturated carbocycles. The Kier molecular flexibility index (Phi) is 6.45. The van der Waals surface area contributed by atoms with Gasteiger partial charge < -0.3 is 19.7 Å². The Balaban J connectivity index is 1.41. The number of carbonyl (C=O) groups excluding carboxylic acids is 1. The van der Waals surface area contributed by atoms with Crippen molar-refractivity contribution < 1.29 is 22.7 Å². The third kappa shape index (κ3) is 5.09. The van der Waals surface area contributed by atoms with Gasteiger partial charge in [-0.3, -0.25) is 9.10 Å². The smallest absolute Gasteiger partial charge is 0.241 e. The molecule has 2 aromatic rings. The number of nitrogens with zero attached hydrogens (tertiary/aromatic N) is 2. The molecular weight excluding hydrogens is 430 g/mol. The topological polar surface area (TPSA) is 88.2 Å². The summed E-state index contributed by atoms with van der Waals surface area (Å²) in [4.78, 5) is 15.1. The van der Waals surface area contributed by atoms with Gasteiger partial charge in [0.15, 0.2) is 11.5 Å². The van der Waals surface area contributed by atoms with Gasteiger partial charge in [-0.15, -0.1) is 0 Å². The van der Waals surface area contributed by atoms with E-state index in [4.69, 9.17) is 9.47 Å². The molecule has 0 radical (unpaired) electrons. The molecule has 1 amide bonds. The van der Waals surface area contributed by atoms with Crippen molar-refractivity contribution in [1.29, 1.82) is 0 Å². The van der Waals surface area contributed by atoms with Crippen LogP contribution in [0.4, 0.5) is 11.4 Å². The van der Waals surface area contributed by atoms with Crippen molar-refractivity contribution in [2.24, 2.45) is 0 Å². The lowest BCUT2D eigenvalue weighted by molar-refractivity contribution is -0.120. The maximum atomic E-state index is 12.7. The molecule has 4 rings (SSSR count). The van der Waals surface area contributed by atoms with Crippen molar-refractivity contribution in [2.75, 3.05) is 41.9 Å². The maximum Gasteiger partial charge on any atom is 0.241 e. The monoisotopic (exact) mass is 459 g/mol. The van der Waals surface area contributed by atoms with Gasteiger partial charge in [0.1, 0.15) is 6.54 Å². The van der Waals surface area contributed by atoms with Crippen LogP contribution in [0.25, 0.3) is 0 Å². The molecule has 2 aliphatic rings. The van der Waals surface area contributed by atoms with E-state index in [0.29, 0.717) is 17.2 Å². The largest absolute Gasteiger partial charge is 0.454 e. The Labute approximate surface area is 189 Å². The first-order valence-electron chi connectivity index (χ1n) is 10.8. The first-order valence-corrected chi connectivity index (χ1v) is 12.7. The van der Waals surface area contributed by atoms with Crippen LogP contribution in [0, 0.1) is 0 Å². The van der Waals surface area contributed by atoms with E-state index in [2.05, 4.69) is 22.3 Å². The number of ether oxygens (including phenoxy) is 2.